The van der Waals surface area contributed by atoms with Crippen molar-refractivity contribution in [3.05, 3.63) is 95.3 Å². The third-order valence-corrected chi connectivity index (χ3v) is 5.63. The van der Waals surface area contributed by atoms with Gasteiger partial charge in [0, 0.05) is 38.3 Å². The van der Waals surface area contributed by atoms with Crippen molar-refractivity contribution in [3.8, 4) is 11.5 Å². The van der Waals surface area contributed by atoms with Gasteiger partial charge in [0.1, 0.15) is 12.4 Å². The number of amides is 1. The Morgan fingerprint density at radius 2 is 1.59 bits per heavy atom. The topological polar surface area (TPSA) is 42.0 Å². The summed E-state index contributed by atoms with van der Waals surface area (Å²) in [5.41, 5.74) is 2.59. The molecule has 5 nitrogen and oxygen atoms in total. The molecule has 1 heterocycles. The summed E-state index contributed by atoms with van der Waals surface area (Å²) in [6.45, 7) is 3.92. The lowest BCUT2D eigenvalue weighted by Gasteiger charge is -2.34. The van der Waals surface area contributed by atoms with Crippen molar-refractivity contribution in [2.24, 2.45) is 0 Å². The predicted molar refractivity (Wildman–Crippen MR) is 121 cm³/mol. The van der Waals surface area contributed by atoms with Crippen LogP contribution < -0.4 is 9.47 Å². The minimum Gasteiger partial charge on any atom is -0.494 e. The third kappa shape index (κ3) is 5.45. The first-order valence-electron chi connectivity index (χ1n) is 10.7. The second-order valence-electron chi connectivity index (χ2n) is 7.84. The third-order valence-electron chi connectivity index (χ3n) is 5.63. The van der Waals surface area contributed by atoms with Crippen LogP contribution in [0.15, 0.2) is 72.8 Å². The van der Waals surface area contributed by atoms with E-state index in [-0.39, 0.29) is 17.5 Å². The highest BCUT2D eigenvalue weighted by Crippen LogP contribution is 2.20. The second kappa shape index (κ2) is 10.3. The molecule has 0 aliphatic carbocycles. The molecule has 1 aliphatic rings. The first kappa shape index (κ1) is 21.8. The van der Waals surface area contributed by atoms with E-state index in [1.165, 1.54) is 13.2 Å². The van der Waals surface area contributed by atoms with Gasteiger partial charge in [0.15, 0.2) is 11.6 Å². The zero-order valence-electron chi connectivity index (χ0n) is 18.2. The lowest BCUT2D eigenvalue weighted by atomic mass is 10.1. The highest BCUT2D eigenvalue weighted by Gasteiger charge is 2.22. The summed E-state index contributed by atoms with van der Waals surface area (Å²) in [6, 6.07) is 22.3. The van der Waals surface area contributed by atoms with Gasteiger partial charge in [-0.15, -0.1) is 0 Å². The number of piperazine rings is 1. The molecule has 166 valence electrons. The zero-order valence-corrected chi connectivity index (χ0v) is 18.2. The number of ether oxygens (including phenoxy) is 2. The molecule has 0 saturated carbocycles. The fourth-order valence-electron chi connectivity index (χ4n) is 3.79. The van der Waals surface area contributed by atoms with Gasteiger partial charge in [-0.25, -0.2) is 4.39 Å². The van der Waals surface area contributed by atoms with Crippen LogP contribution in [0.4, 0.5) is 4.39 Å². The van der Waals surface area contributed by atoms with Crippen LogP contribution in [0.2, 0.25) is 0 Å². The Morgan fingerprint density at radius 3 is 2.25 bits per heavy atom. The Balaban J connectivity index is 1.27. The number of para-hydroxylation sites is 1. The first-order valence-corrected chi connectivity index (χ1v) is 10.7. The SMILES string of the molecule is COc1ccc(CN2CCN(C(=O)c3ccc(COc4ccccc4)cc3)CC2)cc1F. The molecule has 32 heavy (non-hydrogen) atoms. The average molecular weight is 435 g/mol. The summed E-state index contributed by atoms with van der Waals surface area (Å²) in [4.78, 5) is 17.0. The van der Waals surface area contributed by atoms with Gasteiger partial charge in [-0.1, -0.05) is 36.4 Å². The maximum absolute atomic E-state index is 13.9. The maximum atomic E-state index is 13.9. The Bertz CT molecular complexity index is 1030. The van der Waals surface area contributed by atoms with Crippen LogP contribution in [0.1, 0.15) is 21.5 Å². The van der Waals surface area contributed by atoms with Crippen LogP contribution in [0, 0.1) is 5.82 Å². The molecule has 6 heteroatoms. The monoisotopic (exact) mass is 434 g/mol. The molecule has 1 aliphatic heterocycles. The van der Waals surface area contributed by atoms with E-state index in [0.29, 0.717) is 31.8 Å². The molecule has 1 saturated heterocycles. The summed E-state index contributed by atoms with van der Waals surface area (Å²) in [7, 11) is 1.46. The van der Waals surface area contributed by atoms with Crippen LogP contribution in [-0.4, -0.2) is 49.0 Å². The number of benzene rings is 3. The van der Waals surface area contributed by atoms with Crippen molar-refractivity contribution < 1.29 is 18.7 Å². The number of halogens is 1. The van der Waals surface area contributed by atoms with Gasteiger partial charge >= 0.3 is 0 Å². The van der Waals surface area contributed by atoms with Gasteiger partial charge in [-0.2, -0.15) is 0 Å². The number of hydrogen-bond donors (Lipinski definition) is 0. The van der Waals surface area contributed by atoms with E-state index in [2.05, 4.69) is 4.90 Å². The molecule has 0 aromatic heterocycles. The van der Waals surface area contributed by atoms with Crippen molar-refractivity contribution in [1.82, 2.24) is 9.80 Å². The van der Waals surface area contributed by atoms with Gasteiger partial charge in [-0.05, 0) is 47.5 Å². The van der Waals surface area contributed by atoms with Crippen LogP contribution >= 0.6 is 0 Å². The molecule has 1 fully saturated rings. The lowest BCUT2D eigenvalue weighted by molar-refractivity contribution is 0.0628. The molecular formula is C26H27FN2O3. The van der Waals surface area contributed by atoms with Crippen molar-refractivity contribution in [1.29, 1.82) is 0 Å². The highest BCUT2D eigenvalue weighted by molar-refractivity contribution is 5.94. The molecule has 0 spiro atoms. The normalized spacial score (nSPS) is 14.2. The number of nitrogens with zero attached hydrogens (tertiary/aromatic N) is 2. The quantitative estimate of drug-likeness (QED) is 0.554. The maximum Gasteiger partial charge on any atom is 0.253 e. The minimum absolute atomic E-state index is 0.0377. The lowest BCUT2D eigenvalue weighted by Crippen LogP contribution is -2.48. The summed E-state index contributed by atoms with van der Waals surface area (Å²) in [5.74, 6) is 0.761. The fraction of sp³-hybridized carbons (Fsp3) is 0.269. The largest absolute Gasteiger partial charge is 0.494 e. The van der Waals surface area contributed by atoms with Crippen molar-refractivity contribution in [2.75, 3.05) is 33.3 Å². The first-order chi connectivity index (χ1) is 15.6. The van der Waals surface area contributed by atoms with Gasteiger partial charge < -0.3 is 14.4 Å². The van der Waals surface area contributed by atoms with Gasteiger partial charge in [0.25, 0.3) is 5.91 Å². The molecule has 3 aromatic carbocycles. The number of rotatable bonds is 7. The highest BCUT2D eigenvalue weighted by atomic mass is 19.1. The Hall–Kier alpha value is -3.38. The number of methoxy groups -OCH3 is 1. The molecular weight excluding hydrogens is 407 g/mol. The summed E-state index contributed by atoms with van der Waals surface area (Å²) in [6.07, 6.45) is 0. The van der Waals surface area contributed by atoms with Crippen LogP contribution in [0.3, 0.4) is 0 Å². The van der Waals surface area contributed by atoms with Crippen molar-refractivity contribution in [2.45, 2.75) is 13.2 Å². The second-order valence-corrected chi connectivity index (χ2v) is 7.84. The van der Waals surface area contributed by atoms with E-state index in [0.717, 1.165) is 30.0 Å². The molecule has 0 radical (unpaired) electrons. The molecule has 4 rings (SSSR count). The van der Waals surface area contributed by atoms with Crippen LogP contribution in [0.5, 0.6) is 11.5 Å². The molecule has 0 unspecified atom stereocenters. The summed E-state index contributed by atoms with van der Waals surface area (Å²) < 4.78 is 24.7. The van der Waals surface area contributed by atoms with Crippen molar-refractivity contribution in [3.63, 3.8) is 0 Å². The Morgan fingerprint density at radius 1 is 0.906 bits per heavy atom. The number of carbonyl (C=O) groups is 1. The van der Waals surface area contributed by atoms with Gasteiger partial charge in [0.05, 0.1) is 7.11 Å². The molecule has 0 bridgehead atoms. The number of carbonyl (C=O) groups excluding carboxylic acids is 1. The van der Waals surface area contributed by atoms with E-state index in [4.69, 9.17) is 9.47 Å². The molecule has 3 aromatic rings. The van der Waals surface area contributed by atoms with E-state index in [1.807, 2.05) is 65.6 Å². The fourth-order valence-corrected chi connectivity index (χ4v) is 3.79. The molecule has 0 atom stereocenters. The minimum atomic E-state index is -0.351. The molecule has 1 amide bonds. The Labute approximate surface area is 188 Å². The van der Waals surface area contributed by atoms with E-state index in [9.17, 15) is 9.18 Å². The summed E-state index contributed by atoms with van der Waals surface area (Å²) in [5, 5.41) is 0. The van der Waals surface area contributed by atoms with Gasteiger partial charge in [0.2, 0.25) is 0 Å². The standard InChI is InChI=1S/C26H27FN2O3/c1-31-25-12-9-21(17-24(25)27)18-28-13-15-29(16-14-28)26(30)22-10-7-20(8-11-22)19-32-23-5-3-2-4-6-23/h2-12,17H,13-16,18-19H2,1H3. The zero-order chi connectivity index (χ0) is 22.3. The predicted octanol–water partition coefficient (Wildman–Crippen LogP) is 4.37. The molecule has 0 N–H and O–H groups in total. The smallest absolute Gasteiger partial charge is 0.253 e. The average Bonchev–Trinajstić information content (AvgIpc) is 2.84. The van der Waals surface area contributed by atoms with E-state index in [1.54, 1.807) is 6.07 Å². The van der Waals surface area contributed by atoms with Crippen LogP contribution in [-0.2, 0) is 13.2 Å². The van der Waals surface area contributed by atoms with Crippen molar-refractivity contribution >= 4 is 5.91 Å². The van der Waals surface area contributed by atoms with E-state index < -0.39 is 0 Å². The van der Waals surface area contributed by atoms with Gasteiger partial charge in [-0.3, -0.25) is 9.69 Å². The van der Waals surface area contributed by atoms with Crippen LogP contribution in [0.25, 0.3) is 0 Å². The van der Waals surface area contributed by atoms with E-state index >= 15 is 0 Å². The number of hydrogen-bond acceptors (Lipinski definition) is 4. The Kier molecular flexibility index (Phi) is 7.02. The summed E-state index contributed by atoms with van der Waals surface area (Å²) >= 11 is 0.